The Hall–Kier alpha value is -1.60. The van der Waals surface area contributed by atoms with Crippen molar-refractivity contribution in [2.75, 3.05) is 22.9 Å². The van der Waals surface area contributed by atoms with Crippen LogP contribution < -0.4 is 10.0 Å². The van der Waals surface area contributed by atoms with Crippen molar-refractivity contribution in [2.24, 2.45) is 0 Å². The minimum absolute atomic E-state index is 0.242. The van der Waals surface area contributed by atoms with Gasteiger partial charge in [-0.3, -0.25) is 9.52 Å². The van der Waals surface area contributed by atoms with E-state index in [4.69, 9.17) is 4.74 Å². The van der Waals surface area contributed by atoms with Crippen molar-refractivity contribution in [1.82, 2.24) is 0 Å². The molecule has 7 heteroatoms. The van der Waals surface area contributed by atoms with Crippen LogP contribution in [0.2, 0.25) is 0 Å². The summed E-state index contributed by atoms with van der Waals surface area (Å²) in [6.45, 7) is 2.50. The van der Waals surface area contributed by atoms with Gasteiger partial charge < -0.3 is 10.1 Å². The van der Waals surface area contributed by atoms with Gasteiger partial charge in [-0.2, -0.15) is 0 Å². The molecule has 110 valence electrons. The summed E-state index contributed by atoms with van der Waals surface area (Å²) < 4.78 is 30.5. The van der Waals surface area contributed by atoms with Crippen LogP contribution >= 0.6 is 0 Å². The Bertz CT molecular complexity index is 613. The molecule has 0 radical (unpaired) electrons. The molecule has 2 N–H and O–H groups in total. The maximum Gasteiger partial charge on any atom is 0.253 e. The van der Waals surface area contributed by atoms with Crippen LogP contribution in [-0.4, -0.2) is 33.3 Å². The average Bonchev–Trinajstić information content (AvgIpc) is 2.35. The van der Waals surface area contributed by atoms with E-state index in [2.05, 4.69) is 10.0 Å². The van der Waals surface area contributed by atoms with E-state index in [1.54, 1.807) is 12.1 Å². The molecule has 1 aromatic carbocycles. The van der Waals surface area contributed by atoms with Crippen LogP contribution in [0.1, 0.15) is 18.9 Å². The van der Waals surface area contributed by atoms with Gasteiger partial charge in [0, 0.05) is 13.0 Å². The summed E-state index contributed by atoms with van der Waals surface area (Å²) in [6.07, 6.45) is 1.84. The second kappa shape index (κ2) is 5.80. The highest BCUT2D eigenvalue weighted by Gasteiger charge is 2.28. The van der Waals surface area contributed by atoms with E-state index in [0.717, 1.165) is 18.2 Å². The van der Waals surface area contributed by atoms with E-state index in [1.165, 1.54) is 0 Å². The van der Waals surface area contributed by atoms with Gasteiger partial charge in [-0.1, -0.05) is 19.1 Å². The molecule has 0 fully saturated rings. The summed E-state index contributed by atoms with van der Waals surface area (Å²) in [5.74, 6) is -0.242. The van der Waals surface area contributed by atoms with Crippen LogP contribution in [0.4, 0.5) is 11.4 Å². The average molecular weight is 298 g/mol. The van der Waals surface area contributed by atoms with E-state index in [0.29, 0.717) is 24.4 Å². The van der Waals surface area contributed by atoms with Crippen molar-refractivity contribution in [2.45, 2.75) is 25.9 Å². The molecule has 20 heavy (non-hydrogen) atoms. The number of benzene rings is 1. The number of carbonyl (C=O) groups excluding carboxylic acids is 1. The summed E-state index contributed by atoms with van der Waals surface area (Å²) in [5.41, 5.74) is 1.76. The molecule has 0 spiro atoms. The predicted molar refractivity (Wildman–Crippen MR) is 77.3 cm³/mol. The van der Waals surface area contributed by atoms with Gasteiger partial charge >= 0.3 is 0 Å². The Morgan fingerprint density at radius 3 is 2.85 bits per heavy atom. The van der Waals surface area contributed by atoms with Crippen LogP contribution in [0.5, 0.6) is 0 Å². The van der Waals surface area contributed by atoms with Crippen molar-refractivity contribution >= 4 is 27.3 Å². The maximum atomic E-state index is 12.0. The lowest BCUT2D eigenvalue weighted by molar-refractivity contribution is -0.127. The smallest absolute Gasteiger partial charge is 0.253 e. The summed E-state index contributed by atoms with van der Waals surface area (Å²) >= 11 is 0. The van der Waals surface area contributed by atoms with Gasteiger partial charge in [0.05, 0.1) is 17.6 Å². The van der Waals surface area contributed by atoms with Gasteiger partial charge in [0.25, 0.3) is 5.91 Å². The lowest BCUT2D eigenvalue weighted by Gasteiger charge is -2.26. The number of sulfonamides is 1. The van der Waals surface area contributed by atoms with Crippen LogP contribution in [0, 0.1) is 0 Å². The quantitative estimate of drug-likeness (QED) is 0.859. The fourth-order valence-corrected chi connectivity index (χ4v) is 2.66. The van der Waals surface area contributed by atoms with E-state index in [1.807, 2.05) is 13.0 Å². The topological polar surface area (TPSA) is 84.5 Å². The molecule has 1 unspecified atom stereocenters. The number of anilines is 2. The summed E-state index contributed by atoms with van der Waals surface area (Å²) in [4.78, 5) is 12.0. The zero-order valence-corrected chi connectivity index (χ0v) is 12.3. The van der Waals surface area contributed by atoms with Gasteiger partial charge in [0.2, 0.25) is 10.0 Å². The summed E-state index contributed by atoms with van der Waals surface area (Å²) in [7, 11) is -3.39. The van der Waals surface area contributed by atoms with E-state index in [9.17, 15) is 13.2 Å². The van der Waals surface area contributed by atoms with Crippen molar-refractivity contribution in [3.63, 3.8) is 0 Å². The van der Waals surface area contributed by atoms with E-state index in [-0.39, 0.29) is 5.91 Å². The second-order valence-electron chi connectivity index (χ2n) is 4.77. The Morgan fingerprint density at radius 2 is 2.20 bits per heavy atom. The molecule has 2 rings (SSSR count). The molecule has 1 atom stereocenters. The highest BCUT2D eigenvalue weighted by atomic mass is 32.2. The Morgan fingerprint density at radius 1 is 1.45 bits per heavy atom. The predicted octanol–water partition coefficient (Wildman–Crippen LogP) is 1.35. The number of para-hydroxylation sites is 1. The normalized spacial score (nSPS) is 18.3. The molecule has 1 heterocycles. The molecule has 0 aliphatic carbocycles. The largest absolute Gasteiger partial charge is 0.368 e. The van der Waals surface area contributed by atoms with Crippen molar-refractivity contribution in [1.29, 1.82) is 0 Å². The van der Waals surface area contributed by atoms with Crippen molar-refractivity contribution in [3.05, 3.63) is 23.8 Å². The minimum Gasteiger partial charge on any atom is -0.368 e. The zero-order chi connectivity index (χ0) is 14.8. The van der Waals surface area contributed by atoms with E-state index >= 15 is 0 Å². The first kappa shape index (κ1) is 14.8. The van der Waals surface area contributed by atoms with Crippen LogP contribution in [0.15, 0.2) is 18.2 Å². The highest BCUT2D eigenvalue weighted by Crippen LogP contribution is 2.31. The molecule has 0 bridgehead atoms. The third-order valence-corrected chi connectivity index (χ3v) is 3.51. The number of rotatable bonds is 5. The van der Waals surface area contributed by atoms with Crippen LogP contribution in [0.3, 0.4) is 0 Å². The number of amides is 1. The molecule has 0 aromatic heterocycles. The monoisotopic (exact) mass is 298 g/mol. The number of fused-ring (bicyclic) bond motifs is 1. The van der Waals surface area contributed by atoms with Crippen molar-refractivity contribution in [3.8, 4) is 0 Å². The molecule has 0 saturated heterocycles. The number of hydrogen-bond donors (Lipinski definition) is 2. The van der Waals surface area contributed by atoms with Gasteiger partial charge in [-0.05, 0) is 18.1 Å². The first-order valence-electron chi connectivity index (χ1n) is 6.43. The number of carbonyl (C=O) groups is 1. The highest BCUT2D eigenvalue weighted by molar-refractivity contribution is 7.92. The SMILES string of the molecule is CCCOC1Cc2cccc(NS(C)(=O)=O)c2NC1=O. The number of hydrogen-bond acceptors (Lipinski definition) is 4. The molecule has 1 aromatic rings. The third-order valence-electron chi connectivity index (χ3n) is 2.92. The molecule has 1 aliphatic rings. The lowest BCUT2D eigenvalue weighted by Crippen LogP contribution is -2.37. The zero-order valence-electron chi connectivity index (χ0n) is 11.5. The van der Waals surface area contributed by atoms with E-state index < -0.39 is 16.1 Å². The Labute approximate surface area is 118 Å². The van der Waals surface area contributed by atoms with Gasteiger partial charge in [0.1, 0.15) is 6.10 Å². The lowest BCUT2D eigenvalue weighted by atomic mass is 10.00. The Kier molecular flexibility index (Phi) is 4.29. The molecular weight excluding hydrogens is 280 g/mol. The molecular formula is C13H18N2O4S. The Balaban J connectivity index is 2.26. The van der Waals surface area contributed by atoms with Crippen LogP contribution in [0.25, 0.3) is 0 Å². The molecule has 1 aliphatic heterocycles. The second-order valence-corrected chi connectivity index (χ2v) is 6.52. The third kappa shape index (κ3) is 3.49. The summed E-state index contributed by atoms with van der Waals surface area (Å²) in [5, 5.41) is 2.72. The minimum atomic E-state index is -3.39. The number of ether oxygens (including phenoxy) is 1. The fourth-order valence-electron chi connectivity index (χ4n) is 2.09. The standard InChI is InChI=1S/C13H18N2O4S/c1-3-7-19-11-8-9-5-4-6-10(15-20(2,17)18)12(9)14-13(11)16/h4-6,11,15H,3,7-8H2,1-2H3,(H,14,16). The van der Waals surface area contributed by atoms with Gasteiger partial charge in [-0.25, -0.2) is 8.42 Å². The summed E-state index contributed by atoms with van der Waals surface area (Å²) in [6, 6.07) is 5.22. The fraction of sp³-hybridized carbons (Fsp3) is 0.462. The number of nitrogens with one attached hydrogen (secondary N) is 2. The molecule has 6 nitrogen and oxygen atoms in total. The first-order valence-corrected chi connectivity index (χ1v) is 8.32. The van der Waals surface area contributed by atoms with Crippen molar-refractivity contribution < 1.29 is 17.9 Å². The molecule has 0 saturated carbocycles. The van der Waals surface area contributed by atoms with Gasteiger partial charge in [-0.15, -0.1) is 0 Å². The van der Waals surface area contributed by atoms with Crippen LogP contribution in [-0.2, 0) is 26.0 Å². The maximum absolute atomic E-state index is 12.0. The first-order chi connectivity index (χ1) is 9.40. The van der Waals surface area contributed by atoms with Gasteiger partial charge in [0.15, 0.2) is 0 Å². The molecule has 1 amide bonds.